The quantitative estimate of drug-likeness (QED) is 0.615. The van der Waals surface area contributed by atoms with Crippen molar-refractivity contribution in [1.82, 2.24) is 5.32 Å². The van der Waals surface area contributed by atoms with Crippen LogP contribution in [0.2, 0.25) is 0 Å². The van der Waals surface area contributed by atoms with Gasteiger partial charge in [-0.25, -0.2) is 0 Å². The molecule has 0 aromatic heterocycles. The van der Waals surface area contributed by atoms with E-state index in [1.165, 1.54) is 12.8 Å². The molecule has 1 aromatic carbocycles. The van der Waals surface area contributed by atoms with Crippen LogP contribution in [-0.4, -0.2) is 24.3 Å². The molecule has 1 N–H and O–H groups in total. The maximum atomic E-state index is 11.9. The minimum Gasteiger partial charge on any atom is -0.494 e. The first-order chi connectivity index (χ1) is 11.0. The summed E-state index contributed by atoms with van der Waals surface area (Å²) >= 11 is 0. The number of carbonyl (C=O) groups excluding carboxylic acids is 2. The molecule has 126 valence electrons. The third-order valence-corrected chi connectivity index (χ3v) is 4.38. The number of hydrogen-bond acceptors (Lipinski definition) is 3. The highest BCUT2D eigenvalue weighted by Gasteiger charge is 2.19. The lowest BCUT2D eigenvalue weighted by atomic mass is 9.87. The Kier molecular flexibility index (Phi) is 6.63. The molecular formula is C19H27NO3. The molecule has 4 heteroatoms. The predicted octanol–water partition coefficient (Wildman–Crippen LogP) is 3.74. The van der Waals surface area contributed by atoms with Crippen LogP contribution in [0, 0.1) is 5.92 Å². The van der Waals surface area contributed by atoms with E-state index < -0.39 is 0 Å². The number of rotatable bonds is 7. The molecule has 1 saturated carbocycles. The summed E-state index contributed by atoms with van der Waals surface area (Å²) < 4.78 is 5.61. The highest BCUT2D eigenvalue weighted by atomic mass is 16.5. The summed E-state index contributed by atoms with van der Waals surface area (Å²) in [4.78, 5) is 23.1. The molecule has 23 heavy (non-hydrogen) atoms. The standard InChI is InChI=1S/C19H27NO3/c1-14-5-3-6-17(13-14)20-19(22)7-4-12-23-18-10-8-16(9-11-18)15(2)21/h8-11,14,17H,3-7,12-13H2,1-2H3,(H,20,22). The Balaban J connectivity index is 1.62. The number of ether oxygens (including phenoxy) is 1. The molecule has 0 aliphatic heterocycles. The Bertz CT molecular complexity index is 524. The van der Waals surface area contributed by atoms with Gasteiger partial charge in [-0.15, -0.1) is 0 Å². The molecule has 0 spiro atoms. The van der Waals surface area contributed by atoms with Crippen LogP contribution >= 0.6 is 0 Å². The maximum absolute atomic E-state index is 11.9. The third-order valence-electron chi connectivity index (χ3n) is 4.38. The van der Waals surface area contributed by atoms with Crippen molar-refractivity contribution in [1.29, 1.82) is 0 Å². The summed E-state index contributed by atoms with van der Waals surface area (Å²) in [7, 11) is 0. The Morgan fingerprint density at radius 2 is 1.96 bits per heavy atom. The van der Waals surface area contributed by atoms with Crippen LogP contribution in [-0.2, 0) is 4.79 Å². The molecule has 1 aliphatic rings. The van der Waals surface area contributed by atoms with E-state index in [2.05, 4.69) is 12.2 Å². The zero-order chi connectivity index (χ0) is 16.7. The molecule has 4 nitrogen and oxygen atoms in total. The van der Waals surface area contributed by atoms with Crippen LogP contribution in [0.25, 0.3) is 0 Å². The lowest BCUT2D eigenvalue weighted by Gasteiger charge is -2.27. The maximum Gasteiger partial charge on any atom is 0.220 e. The monoisotopic (exact) mass is 317 g/mol. The second-order valence-electron chi connectivity index (χ2n) is 6.57. The van der Waals surface area contributed by atoms with Crippen LogP contribution in [0.3, 0.4) is 0 Å². The van der Waals surface area contributed by atoms with E-state index in [1.54, 1.807) is 31.2 Å². The second kappa shape index (κ2) is 8.70. The van der Waals surface area contributed by atoms with Crippen molar-refractivity contribution >= 4 is 11.7 Å². The average Bonchev–Trinajstić information content (AvgIpc) is 2.52. The van der Waals surface area contributed by atoms with Crippen molar-refractivity contribution in [3.05, 3.63) is 29.8 Å². The highest BCUT2D eigenvalue weighted by Crippen LogP contribution is 2.23. The number of hydrogen-bond donors (Lipinski definition) is 1. The molecule has 2 atom stereocenters. The van der Waals surface area contributed by atoms with E-state index in [9.17, 15) is 9.59 Å². The van der Waals surface area contributed by atoms with Gasteiger partial charge in [-0.3, -0.25) is 9.59 Å². The fraction of sp³-hybridized carbons (Fsp3) is 0.579. The minimum absolute atomic E-state index is 0.0465. The van der Waals surface area contributed by atoms with E-state index in [1.807, 2.05) is 0 Å². The average molecular weight is 317 g/mol. The summed E-state index contributed by atoms with van der Waals surface area (Å²) in [6.45, 7) is 4.30. The SMILES string of the molecule is CC(=O)c1ccc(OCCCC(=O)NC2CCCC(C)C2)cc1. The Labute approximate surface area is 138 Å². The van der Waals surface area contributed by atoms with Gasteiger partial charge in [0, 0.05) is 18.0 Å². The normalized spacial score (nSPS) is 20.8. The molecular weight excluding hydrogens is 290 g/mol. The van der Waals surface area contributed by atoms with E-state index in [-0.39, 0.29) is 11.7 Å². The topological polar surface area (TPSA) is 55.4 Å². The third kappa shape index (κ3) is 6.05. The van der Waals surface area contributed by atoms with Crippen molar-refractivity contribution in [2.45, 2.75) is 58.4 Å². The van der Waals surface area contributed by atoms with Crippen molar-refractivity contribution < 1.29 is 14.3 Å². The van der Waals surface area contributed by atoms with Crippen molar-refractivity contribution in [3.8, 4) is 5.75 Å². The molecule has 1 amide bonds. The van der Waals surface area contributed by atoms with Gasteiger partial charge in [-0.05, 0) is 56.4 Å². The zero-order valence-electron chi connectivity index (χ0n) is 14.1. The summed E-state index contributed by atoms with van der Waals surface area (Å²) in [5, 5.41) is 3.14. The summed E-state index contributed by atoms with van der Waals surface area (Å²) in [5.41, 5.74) is 0.679. The summed E-state index contributed by atoms with van der Waals surface area (Å²) in [6.07, 6.45) is 5.90. The van der Waals surface area contributed by atoms with Gasteiger partial charge in [0.15, 0.2) is 5.78 Å². The lowest BCUT2D eigenvalue weighted by Crippen LogP contribution is -2.37. The van der Waals surface area contributed by atoms with E-state index in [0.717, 1.165) is 24.5 Å². The Hall–Kier alpha value is -1.84. The Morgan fingerprint density at radius 3 is 2.61 bits per heavy atom. The largest absolute Gasteiger partial charge is 0.494 e. The first-order valence-corrected chi connectivity index (χ1v) is 8.57. The fourth-order valence-corrected chi connectivity index (χ4v) is 3.07. The van der Waals surface area contributed by atoms with Gasteiger partial charge in [-0.1, -0.05) is 19.8 Å². The number of ketones is 1. The van der Waals surface area contributed by atoms with Crippen LogP contribution < -0.4 is 10.1 Å². The summed E-state index contributed by atoms with van der Waals surface area (Å²) in [6, 6.07) is 7.45. The predicted molar refractivity (Wildman–Crippen MR) is 90.7 cm³/mol. The van der Waals surface area contributed by atoms with E-state index >= 15 is 0 Å². The molecule has 0 bridgehead atoms. The lowest BCUT2D eigenvalue weighted by molar-refractivity contribution is -0.122. The number of Topliss-reactive ketones (excluding diaryl/α,β-unsaturated/α-hetero) is 1. The van der Waals surface area contributed by atoms with E-state index in [0.29, 0.717) is 31.1 Å². The molecule has 2 unspecified atom stereocenters. The first kappa shape index (κ1) is 17.5. The van der Waals surface area contributed by atoms with Gasteiger partial charge in [0.05, 0.1) is 6.61 Å². The number of carbonyl (C=O) groups is 2. The number of nitrogens with one attached hydrogen (secondary N) is 1. The van der Waals surface area contributed by atoms with Crippen molar-refractivity contribution in [2.24, 2.45) is 5.92 Å². The van der Waals surface area contributed by atoms with Gasteiger partial charge >= 0.3 is 0 Å². The van der Waals surface area contributed by atoms with Crippen molar-refractivity contribution in [3.63, 3.8) is 0 Å². The molecule has 0 saturated heterocycles. The zero-order valence-corrected chi connectivity index (χ0v) is 14.1. The highest BCUT2D eigenvalue weighted by molar-refractivity contribution is 5.94. The van der Waals surface area contributed by atoms with Crippen molar-refractivity contribution in [2.75, 3.05) is 6.61 Å². The van der Waals surface area contributed by atoms with Crippen LogP contribution in [0.4, 0.5) is 0 Å². The Morgan fingerprint density at radius 1 is 1.22 bits per heavy atom. The smallest absolute Gasteiger partial charge is 0.220 e. The van der Waals surface area contributed by atoms with Gasteiger partial charge in [0.25, 0.3) is 0 Å². The van der Waals surface area contributed by atoms with E-state index in [4.69, 9.17) is 4.74 Å². The second-order valence-corrected chi connectivity index (χ2v) is 6.57. The minimum atomic E-state index is 0.0465. The number of amides is 1. The fourth-order valence-electron chi connectivity index (χ4n) is 3.07. The molecule has 0 heterocycles. The van der Waals surface area contributed by atoms with Gasteiger partial charge in [-0.2, -0.15) is 0 Å². The molecule has 1 aromatic rings. The molecule has 1 aliphatic carbocycles. The van der Waals surface area contributed by atoms with Crippen LogP contribution in [0.1, 0.15) is 62.7 Å². The van der Waals surface area contributed by atoms with Crippen LogP contribution in [0.5, 0.6) is 5.75 Å². The molecule has 1 fully saturated rings. The summed E-state index contributed by atoms with van der Waals surface area (Å²) in [5.74, 6) is 1.62. The van der Waals surface area contributed by atoms with Gasteiger partial charge < -0.3 is 10.1 Å². The molecule has 2 rings (SSSR count). The molecule has 0 radical (unpaired) electrons. The number of benzene rings is 1. The van der Waals surface area contributed by atoms with Gasteiger partial charge in [0.2, 0.25) is 5.91 Å². The van der Waals surface area contributed by atoms with Crippen LogP contribution in [0.15, 0.2) is 24.3 Å². The van der Waals surface area contributed by atoms with Gasteiger partial charge in [0.1, 0.15) is 5.75 Å². The first-order valence-electron chi connectivity index (χ1n) is 8.57.